The molecule has 2 aliphatic carbocycles. The summed E-state index contributed by atoms with van der Waals surface area (Å²) in [4.78, 5) is 16.8. The lowest BCUT2D eigenvalue weighted by atomic mass is 9.70. The summed E-state index contributed by atoms with van der Waals surface area (Å²) in [6.45, 7) is 4.11. The van der Waals surface area contributed by atoms with Crippen molar-refractivity contribution in [3.05, 3.63) is 30.6 Å². The summed E-state index contributed by atoms with van der Waals surface area (Å²) in [5.74, 6) is 0.305. The summed E-state index contributed by atoms with van der Waals surface area (Å²) in [6.07, 6.45) is 3.50. The molecule has 2 aromatic rings. The van der Waals surface area contributed by atoms with E-state index in [2.05, 4.69) is 18.8 Å². The second-order valence-electron chi connectivity index (χ2n) is 7.45. The van der Waals surface area contributed by atoms with Gasteiger partial charge in [-0.2, -0.15) is 0 Å². The number of ketones is 1. The predicted octanol–water partition coefficient (Wildman–Crippen LogP) is 2.61. The van der Waals surface area contributed by atoms with Crippen molar-refractivity contribution in [1.29, 1.82) is 0 Å². The molecule has 0 amide bonds. The van der Waals surface area contributed by atoms with Crippen LogP contribution in [0, 0.1) is 16.7 Å². The molecule has 0 spiro atoms. The molecule has 0 N–H and O–H groups in total. The lowest BCUT2D eigenvalue weighted by Gasteiger charge is -2.36. The molecule has 23 heavy (non-hydrogen) atoms. The van der Waals surface area contributed by atoms with E-state index in [1.807, 2.05) is 6.07 Å². The van der Waals surface area contributed by atoms with Crippen LogP contribution in [0.5, 0.6) is 0 Å². The second-order valence-corrected chi connectivity index (χ2v) is 9.30. The molecule has 0 saturated heterocycles. The second kappa shape index (κ2) is 4.44. The summed E-state index contributed by atoms with van der Waals surface area (Å²) in [6, 6.07) is 7.16. The Morgan fingerprint density at radius 3 is 2.70 bits per heavy atom. The van der Waals surface area contributed by atoms with Crippen LogP contribution >= 0.6 is 0 Å². The van der Waals surface area contributed by atoms with Gasteiger partial charge in [0.15, 0.2) is 0 Å². The first kappa shape index (κ1) is 14.9. The Morgan fingerprint density at radius 1 is 1.30 bits per heavy atom. The van der Waals surface area contributed by atoms with Gasteiger partial charge < -0.3 is 0 Å². The van der Waals surface area contributed by atoms with Crippen LogP contribution in [0.4, 0.5) is 0 Å². The number of aromatic nitrogens is 2. The fraction of sp³-hybridized carbons (Fsp3) is 0.529. The third kappa shape index (κ3) is 1.81. The van der Waals surface area contributed by atoms with Gasteiger partial charge in [0.25, 0.3) is 0 Å². The van der Waals surface area contributed by atoms with E-state index in [4.69, 9.17) is 0 Å². The van der Waals surface area contributed by atoms with Gasteiger partial charge in [-0.1, -0.05) is 26.0 Å². The Hall–Kier alpha value is -1.69. The molecule has 2 atom stereocenters. The van der Waals surface area contributed by atoms with Gasteiger partial charge in [-0.05, 0) is 36.3 Å². The maximum Gasteiger partial charge on any atom is 0.241 e. The van der Waals surface area contributed by atoms with E-state index in [1.54, 1.807) is 18.2 Å². The molecule has 1 aromatic heterocycles. The number of rotatable bonds is 3. The van der Waals surface area contributed by atoms with Crippen LogP contribution in [0.2, 0.25) is 0 Å². The maximum atomic E-state index is 13.0. The van der Waals surface area contributed by atoms with E-state index >= 15 is 0 Å². The topological polar surface area (TPSA) is 69.0 Å². The number of para-hydroxylation sites is 2. The van der Waals surface area contributed by atoms with Crippen molar-refractivity contribution < 1.29 is 13.2 Å². The maximum absolute atomic E-state index is 13.0. The third-order valence-electron chi connectivity index (χ3n) is 6.29. The van der Waals surface area contributed by atoms with Crippen LogP contribution in [0.15, 0.2) is 30.6 Å². The van der Waals surface area contributed by atoms with E-state index < -0.39 is 15.4 Å². The smallest absolute Gasteiger partial charge is 0.241 e. The average molecular weight is 332 g/mol. The average Bonchev–Trinajstić information content (AvgIpc) is 3.07. The number of Topliss-reactive ketones (excluding diaryl/α,β-unsaturated/α-hetero) is 1. The van der Waals surface area contributed by atoms with Crippen LogP contribution in [0.3, 0.4) is 0 Å². The van der Waals surface area contributed by atoms with Gasteiger partial charge in [0, 0.05) is 6.42 Å². The molecule has 1 heterocycles. The fourth-order valence-corrected chi connectivity index (χ4v) is 6.73. The van der Waals surface area contributed by atoms with E-state index in [1.165, 1.54) is 10.3 Å². The highest BCUT2D eigenvalue weighted by molar-refractivity contribution is 7.90. The first-order chi connectivity index (χ1) is 10.8. The van der Waals surface area contributed by atoms with Crippen molar-refractivity contribution in [2.75, 3.05) is 5.75 Å². The SMILES string of the molecule is CC1(C)[C@@H]2CC[C@]1(CS(=O)(=O)n1cnc3ccccc31)C(=O)C2. The standard InChI is InChI=1S/C17H20N2O3S/c1-16(2)12-7-8-17(16,15(20)9-12)10-23(21,22)19-11-18-13-5-3-4-6-14(13)19/h3-6,11-12H,7-10H2,1-2H3/t12-,17+/m1/s1. The molecule has 5 nitrogen and oxygen atoms in total. The summed E-state index contributed by atoms with van der Waals surface area (Å²) in [7, 11) is -3.64. The lowest BCUT2D eigenvalue weighted by Crippen LogP contribution is -2.43. The lowest BCUT2D eigenvalue weighted by molar-refractivity contribution is -0.128. The van der Waals surface area contributed by atoms with Crippen molar-refractivity contribution in [3.8, 4) is 0 Å². The Kier molecular flexibility index (Phi) is 2.87. The van der Waals surface area contributed by atoms with E-state index in [0.717, 1.165) is 6.42 Å². The van der Waals surface area contributed by atoms with Crippen LogP contribution in [0.25, 0.3) is 11.0 Å². The molecule has 0 radical (unpaired) electrons. The summed E-state index contributed by atoms with van der Waals surface area (Å²) < 4.78 is 27.3. The molecule has 6 heteroatoms. The van der Waals surface area contributed by atoms with Crippen LogP contribution in [0.1, 0.15) is 33.1 Å². The molecule has 2 fully saturated rings. The highest BCUT2D eigenvalue weighted by atomic mass is 32.2. The van der Waals surface area contributed by atoms with Crippen molar-refractivity contribution in [2.45, 2.75) is 33.1 Å². The number of hydrogen-bond acceptors (Lipinski definition) is 4. The molecule has 2 bridgehead atoms. The zero-order valence-corrected chi connectivity index (χ0v) is 14.1. The summed E-state index contributed by atoms with van der Waals surface area (Å²) in [5, 5.41) is 0. The van der Waals surface area contributed by atoms with Gasteiger partial charge in [0.05, 0.1) is 22.2 Å². The molecule has 122 valence electrons. The van der Waals surface area contributed by atoms with Crippen molar-refractivity contribution >= 4 is 26.8 Å². The molecule has 4 rings (SSSR count). The van der Waals surface area contributed by atoms with Gasteiger partial charge >= 0.3 is 0 Å². The zero-order chi connectivity index (χ0) is 16.5. The first-order valence-corrected chi connectivity index (χ1v) is 9.57. The Bertz CT molecular complexity index is 913. The number of carbonyl (C=O) groups excluding carboxylic acids is 1. The Labute approximate surface area is 135 Å². The monoisotopic (exact) mass is 332 g/mol. The van der Waals surface area contributed by atoms with Gasteiger partial charge in [0.2, 0.25) is 10.0 Å². The molecular formula is C17H20N2O3S. The highest BCUT2D eigenvalue weighted by Crippen LogP contribution is 2.64. The molecule has 2 aliphatic rings. The quantitative estimate of drug-likeness (QED) is 0.866. The number of carbonyl (C=O) groups is 1. The molecular weight excluding hydrogens is 312 g/mol. The number of benzene rings is 1. The normalized spacial score (nSPS) is 29.5. The van der Waals surface area contributed by atoms with Crippen LogP contribution in [-0.2, 0) is 14.8 Å². The molecule has 0 aliphatic heterocycles. The molecule has 2 saturated carbocycles. The largest absolute Gasteiger partial charge is 0.299 e. The van der Waals surface area contributed by atoms with E-state index in [-0.39, 0.29) is 17.0 Å². The van der Waals surface area contributed by atoms with E-state index in [9.17, 15) is 13.2 Å². The van der Waals surface area contributed by atoms with Gasteiger partial charge in [-0.3, -0.25) is 4.79 Å². The number of imidazole rings is 1. The van der Waals surface area contributed by atoms with Crippen LogP contribution in [-0.4, -0.2) is 28.9 Å². The van der Waals surface area contributed by atoms with Gasteiger partial charge in [-0.15, -0.1) is 0 Å². The Morgan fingerprint density at radius 2 is 2.04 bits per heavy atom. The molecule has 1 aromatic carbocycles. The first-order valence-electron chi connectivity index (χ1n) is 7.97. The Balaban J connectivity index is 1.80. The van der Waals surface area contributed by atoms with Gasteiger partial charge in [0.1, 0.15) is 12.1 Å². The minimum absolute atomic E-state index is 0.117. The summed E-state index contributed by atoms with van der Waals surface area (Å²) >= 11 is 0. The van der Waals surface area contributed by atoms with Crippen LogP contribution < -0.4 is 0 Å². The molecule has 0 unspecified atom stereocenters. The zero-order valence-electron chi connectivity index (χ0n) is 13.3. The van der Waals surface area contributed by atoms with Crippen molar-refractivity contribution in [1.82, 2.24) is 8.96 Å². The number of hydrogen-bond donors (Lipinski definition) is 0. The minimum atomic E-state index is -3.64. The fourth-order valence-electron chi connectivity index (χ4n) is 4.65. The minimum Gasteiger partial charge on any atom is -0.299 e. The number of nitrogens with zero attached hydrogens (tertiary/aromatic N) is 2. The predicted molar refractivity (Wildman–Crippen MR) is 87.5 cm³/mol. The number of fused-ring (bicyclic) bond motifs is 3. The highest BCUT2D eigenvalue weighted by Gasteiger charge is 2.65. The summed E-state index contributed by atoms with van der Waals surface area (Å²) in [5.41, 5.74) is 0.215. The van der Waals surface area contributed by atoms with Crippen molar-refractivity contribution in [2.24, 2.45) is 16.7 Å². The van der Waals surface area contributed by atoms with Gasteiger partial charge in [-0.25, -0.2) is 17.4 Å². The van der Waals surface area contributed by atoms with Crippen molar-refractivity contribution in [3.63, 3.8) is 0 Å². The third-order valence-corrected chi connectivity index (χ3v) is 8.04. The van der Waals surface area contributed by atoms with E-state index in [0.29, 0.717) is 29.8 Å².